The number of hydrogen-bond acceptors (Lipinski definition) is 1. The average Bonchev–Trinajstić information content (AvgIpc) is 2.01. The molecule has 13 heavy (non-hydrogen) atoms. The quantitative estimate of drug-likeness (QED) is 0.601. The molecule has 1 nitrogen and oxygen atoms in total. The third-order valence-corrected chi connectivity index (χ3v) is 4.19. The van der Waals surface area contributed by atoms with Crippen molar-refractivity contribution in [1.29, 1.82) is 0 Å². The van der Waals surface area contributed by atoms with Gasteiger partial charge in [-0.3, -0.25) is 0 Å². The SMILES string of the molecule is CCC1C2CC(C)CC1CN(C)C2. The molecule has 0 aromatic rings. The van der Waals surface area contributed by atoms with Gasteiger partial charge in [0.25, 0.3) is 0 Å². The number of rotatable bonds is 1. The molecule has 0 N–H and O–H groups in total. The normalized spacial score (nSPS) is 46.4. The Hall–Kier alpha value is -0.0400. The van der Waals surface area contributed by atoms with E-state index in [0.29, 0.717) is 0 Å². The van der Waals surface area contributed by atoms with E-state index >= 15 is 0 Å². The Labute approximate surface area is 82.5 Å². The molecular formula is C12H23N. The molecule has 1 saturated heterocycles. The lowest BCUT2D eigenvalue weighted by Crippen LogP contribution is -2.48. The first-order chi connectivity index (χ1) is 6.20. The minimum absolute atomic E-state index is 0.992. The number of hydrogen-bond donors (Lipinski definition) is 0. The fraction of sp³-hybridized carbons (Fsp3) is 1.00. The van der Waals surface area contributed by atoms with E-state index < -0.39 is 0 Å². The molecule has 0 amide bonds. The lowest BCUT2D eigenvalue weighted by atomic mass is 9.65. The lowest BCUT2D eigenvalue weighted by Gasteiger charge is -2.48. The van der Waals surface area contributed by atoms with Gasteiger partial charge in [-0.2, -0.15) is 0 Å². The van der Waals surface area contributed by atoms with Crippen LogP contribution in [0.3, 0.4) is 0 Å². The predicted molar refractivity (Wildman–Crippen MR) is 56.7 cm³/mol. The van der Waals surface area contributed by atoms with Crippen LogP contribution in [0.25, 0.3) is 0 Å². The Morgan fingerprint density at radius 2 is 1.69 bits per heavy atom. The lowest BCUT2D eigenvalue weighted by molar-refractivity contribution is 0.0125. The largest absolute Gasteiger partial charge is 0.306 e. The summed E-state index contributed by atoms with van der Waals surface area (Å²) < 4.78 is 0. The van der Waals surface area contributed by atoms with E-state index in [1.165, 1.54) is 32.4 Å². The van der Waals surface area contributed by atoms with Crippen molar-refractivity contribution in [3.8, 4) is 0 Å². The summed E-state index contributed by atoms with van der Waals surface area (Å²) in [6, 6.07) is 0. The molecule has 0 spiro atoms. The van der Waals surface area contributed by atoms with E-state index in [2.05, 4.69) is 25.8 Å². The fourth-order valence-corrected chi connectivity index (χ4v) is 3.83. The van der Waals surface area contributed by atoms with Crippen LogP contribution in [0.4, 0.5) is 0 Å². The minimum Gasteiger partial charge on any atom is -0.306 e. The molecule has 1 aliphatic heterocycles. The Kier molecular flexibility index (Phi) is 2.64. The van der Waals surface area contributed by atoms with Gasteiger partial charge in [-0.05, 0) is 43.6 Å². The van der Waals surface area contributed by atoms with E-state index in [-0.39, 0.29) is 0 Å². The van der Waals surface area contributed by atoms with E-state index in [1.54, 1.807) is 0 Å². The standard InChI is InChI=1S/C12H23N/c1-4-12-10-5-9(2)6-11(12)8-13(3)7-10/h9-12H,4-8H2,1-3H3. The number of fused-ring (bicyclic) bond motifs is 2. The summed E-state index contributed by atoms with van der Waals surface area (Å²) >= 11 is 0. The van der Waals surface area contributed by atoms with E-state index in [0.717, 1.165) is 23.7 Å². The minimum atomic E-state index is 0.992. The van der Waals surface area contributed by atoms with Gasteiger partial charge in [0.05, 0.1) is 0 Å². The summed E-state index contributed by atoms with van der Waals surface area (Å²) in [6.07, 6.45) is 4.38. The van der Waals surface area contributed by atoms with Crippen molar-refractivity contribution in [1.82, 2.24) is 4.90 Å². The monoisotopic (exact) mass is 181 g/mol. The van der Waals surface area contributed by atoms with Gasteiger partial charge < -0.3 is 4.90 Å². The Bertz CT molecular complexity index is 148. The first-order valence-electron chi connectivity index (χ1n) is 5.89. The molecule has 0 aromatic carbocycles. The summed E-state index contributed by atoms with van der Waals surface area (Å²) in [7, 11) is 2.29. The Balaban J connectivity index is 2.09. The maximum atomic E-state index is 2.55. The molecule has 76 valence electrons. The van der Waals surface area contributed by atoms with Crippen molar-refractivity contribution in [2.75, 3.05) is 20.1 Å². The highest BCUT2D eigenvalue weighted by atomic mass is 15.1. The molecule has 1 aliphatic carbocycles. The van der Waals surface area contributed by atoms with Gasteiger partial charge in [0.2, 0.25) is 0 Å². The van der Waals surface area contributed by atoms with E-state index in [1.807, 2.05) is 0 Å². The van der Waals surface area contributed by atoms with Crippen LogP contribution in [0.15, 0.2) is 0 Å². The number of likely N-dealkylation sites (tertiary alicyclic amines) is 1. The molecule has 2 bridgehead atoms. The molecule has 2 fully saturated rings. The van der Waals surface area contributed by atoms with Crippen LogP contribution in [-0.2, 0) is 0 Å². The topological polar surface area (TPSA) is 3.24 Å². The highest BCUT2D eigenvalue weighted by Crippen LogP contribution is 2.43. The second-order valence-corrected chi connectivity index (χ2v) is 5.39. The van der Waals surface area contributed by atoms with Gasteiger partial charge in [0, 0.05) is 13.1 Å². The number of piperidine rings is 1. The molecule has 2 unspecified atom stereocenters. The molecule has 1 saturated carbocycles. The van der Waals surface area contributed by atoms with Crippen LogP contribution in [0.1, 0.15) is 33.1 Å². The zero-order valence-electron chi connectivity index (χ0n) is 9.29. The van der Waals surface area contributed by atoms with Crippen molar-refractivity contribution in [2.45, 2.75) is 33.1 Å². The van der Waals surface area contributed by atoms with Gasteiger partial charge in [-0.15, -0.1) is 0 Å². The van der Waals surface area contributed by atoms with Gasteiger partial charge in [-0.25, -0.2) is 0 Å². The van der Waals surface area contributed by atoms with Crippen molar-refractivity contribution in [3.05, 3.63) is 0 Å². The van der Waals surface area contributed by atoms with Crippen LogP contribution < -0.4 is 0 Å². The maximum Gasteiger partial charge on any atom is 0.000958 e. The Morgan fingerprint density at radius 3 is 2.15 bits per heavy atom. The van der Waals surface area contributed by atoms with Gasteiger partial charge in [0.15, 0.2) is 0 Å². The molecule has 2 rings (SSSR count). The van der Waals surface area contributed by atoms with Crippen molar-refractivity contribution in [2.24, 2.45) is 23.7 Å². The summed E-state index contributed by atoms with van der Waals surface area (Å²) in [5.41, 5.74) is 0. The zero-order valence-corrected chi connectivity index (χ0v) is 9.29. The third kappa shape index (κ3) is 1.76. The number of nitrogens with zero attached hydrogens (tertiary/aromatic N) is 1. The van der Waals surface area contributed by atoms with E-state index in [4.69, 9.17) is 0 Å². The molecule has 0 radical (unpaired) electrons. The average molecular weight is 181 g/mol. The first-order valence-corrected chi connectivity index (χ1v) is 5.89. The molecular weight excluding hydrogens is 158 g/mol. The summed E-state index contributed by atoms with van der Waals surface area (Å²) in [5, 5.41) is 0. The maximum absolute atomic E-state index is 2.55. The van der Waals surface area contributed by atoms with Crippen LogP contribution in [0.2, 0.25) is 0 Å². The van der Waals surface area contributed by atoms with Crippen LogP contribution >= 0.6 is 0 Å². The van der Waals surface area contributed by atoms with Crippen molar-refractivity contribution >= 4 is 0 Å². The molecule has 1 heteroatoms. The second-order valence-electron chi connectivity index (χ2n) is 5.39. The van der Waals surface area contributed by atoms with Gasteiger partial charge in [-0.1, -0.05) is 20.3 Å². The first kappa shape index (κ1) is 9.51. The second kappa shape index (κ2) is 3.61. The van der Waals surface area contributed by atoms with Crippen molar-refractivity contribution < 1.29 is 0 Å². The third-order valence-electron chi connectivity index (χ3n) is 4.19. The Morgan fingerprint density at radius 1 is 1.15 bits per heavy atom. The predicted octanol–water partition coefficient (Wildman–Crippen LogP) is 2.62. The van der Waals surface area contributed by atoms with Crippen LogP contribution in [0.5, 0.6) is 0 Å². The molecule has 1 heterocycles. The fourth-order valence-electron chi connectivity index (χ4n) is 3.83. The summed E-state index contributed by atoms with van der Waals surface area (Å²) in [5.74, 6) is 4.06. The molecule has 2 atom stereocenters. The highest BCUT2D eigenvalue weighted by molar-refractivity contribution is 4.90. The zero-order chi connectivity index (χ0) is 9.42. The molecule has 0 aromatic heterocycles. The van der Waals surface area contributed by atoms with Gasteiger partial charge >= 0.3 is 0 Å². The van der Waals surface area contributed by atoms with E-state index in [9.17, 15) is 0 Å². The van der Waals surface area contributed by atoms with Crippen molar-refractivity contribution in [3.63, 3.8) is 0 Å². The smallest absolute Gasteiger partial charge is 0.000958 e. The summed E-state index contributed by atoms with van der Waals surface area (Å²) in [4.78, 5) is 2.55. The van der Waals surface area contributed by atoms with Crippen LogP contribution in [-0.4, -0.2) is 25.0 Å². The van der Waals surface area contributed by atoms with Crippen LogP contribution in [0, 0.1) is 23.7 Å². The van der Waals surface area contributed by atoms with Gasteiger partial charge in [0.1, 0.15) is 0 Å². The summed E-state index contributed by atoms with van der Waals surface area (Å²) in [6.45, 7) is 7.54. The highest BCUT2D eigenvalue weighted by Gasteiger charge is 2.39. The molecule has 2 aliphatic rings.